The maximum absolute atomic E-state index is 10.4. The molecule has 1 aromatic rings. The van der Waals surface area contributed by atoms with Crippen LogP contribution in [0.1, 0.15) is 5.56 Å². The van der Waals surface area contributed by atoms with Gasteiger partial charge in [0, 0.05) is 22.2 Å². The Labute approximate surface area is 91.5 Å². The summed E-state index contributed by atoms with van der Waals surface area (Å²) in [5, 5.41) is 0.548. The largest absolute Gasteiger partial charge is 0.496 e. The van der Waals surface area contributed by atoms with E-state index in [1.807, 2.05) is 0 Å². The summed E-state index contributed by atoms with van der Waals surface area (Å²) in [5.74, 6) is 0.604. The monoisotopic (exact) mass is 234 g/mol. The lowest BCUT2D eigenvalue weighted by Gasteiger charge is -2.07. The predicted molar refractivity (Wildman–Crippen MR) is 54.0 cm³/mol. The molecule has 0 N–H and O–H groups in total. The fourth-order valence-corrected chi connectivity index (χ4v) is 1.24. The Morgan fingerprint density at radius 2 is 2.21 bits per heavy atom. The van der Waals surface area contributed by atoms with E-state index in [9.17, 15) is 4.79 Å². The number of hydrogen-bond donors (Lipinski definition) is 0. The van der Waals surface area contributed by atoms with Crippen LogP contribution in [0.3, 0.4) is 0 Å². The SMILES string of the molecule is COc1ccc(Cl)cc1COC(=O)Cl. The molecule has 5 heteroatoms. The van der Waals surface area contributed by atoms with Crippen molar-refractivity contribution in [2.45, 2.75) is 6.61 Å². The van der Waals surface area contributed by atoms with Crippen LogP contribution in [0.5, 0.6) is 5.75 Å². The third-order valence-electron chi connectivity index (χ3n) is 1.58. The van der Waals surface area contributed by atoms with E-state index in [-0.39, 0.29) is 6.61 Å². The number of rotatable bonds is 3. The van der Waals surface area contributed by atoms with E-state index in [2.05, 4.69) is 4.74 Å². The summed E-state index contributed by atoms with van der Waals surface area (Å²) in [6.07, 6.45) is 0. The van der Waals surface area contributed by atoms with Crippen LogP contribution in [0.25, 0.3) is 0 Å². The first-order valence-electron chi connectivity index (χ1n) is 3.78. The van der Waals surface area contributed by atoms with Gasteiger partial charge >= 0.3 is 5.43 Å². The number of benzene rings is 1. The quantitative estimate of drug-likeness (QED) is 0.754. The molecule has 0 saturated carbocycles. The number of carbonyl (C=O) groups excluding carboxylic acids is 1. The lowest BCUT2D eigenvalue weighted by Crippen LogP contribution is -1.97. The van der Waals surface area contributed by atoms with Crippen molar-refractivity contribution in [3.8, 4) is 5.75 Å². The van der Waals surface area contributed by atoms with Crippen LogP contribution < -0.4 is 4.74 Å². The van der Waals surface area contributed by atoms with Crippen molar-refractivity contribution in [3.05, 3.63) is 28.8 Å². The molecule has 76 valence electrons. The standard InChI is InChI=1S/C9H8Cl2O3/c1-13-8-3-2-7(10)4-6(8)5-14-9(11)12/h2-4H,5H2,1H3. The van der Waals surface area contributed by atoms with E-state index < -0.39 is 5.43 Å². The molecule has 1 rings (SSSR count). The Balaban J connectivity index is 2.82. The second kappa shape index (κ2) is 5.08. The van der Waals surface area contributed by atoms with Crippen LogP contribution in [0.15, 0.2) is 18.2 Å². The highest BCUT2D eigenvalue weighted by molar-refractivity contribution is 6.61. The summed E-state index contributed by atoms with van der Waals surface area (Å²) in [4.78, 5) is 10.4. The maximum Gasteiger partial charge on any atom is 0.404 e. The van der Waals surface area contributed by atoms with Gasteiger partial charge in [0.25, 0.3) is 0 Å². The molecular weight excluding hydrogens is 227 g/mol. The van der Waals surface area contributed by atoms with Crippen molar-refractivity contribution < 1.29 is 14.3 Å². The summed E-state index contributed by atoms with van der Waals surface area (Å²) in [5.41, 5.74) is -0.180. The highest BCUT2D eigenvalue weighted by atomic mass is 35.5. The van der Waals surface area contributed by atoms with Crippen molar-refractivity contribution in [2.24, 2.45) is 0 Å². The molecule has 0 saturated heterocycles. The van der Waals surface area contributed by atoms with Gasteiger partial charge in [0.15, 0.2) is 0 Å². The van der Waals surface area contributed by atoms with Crippen LogP contribution in [-0.2, 0) is 11.3 Å². The van der Waals surface area contributed by atoms with Crippen molar-refractivity contribution in [3.63, 3.8) is 0 Å². The lowest BCUT2D eigenvalue weighted by molar-refractivity contribution is 0.166. The zero-order valence-corrected chi connectivity index (χ0v) is 8.93. The molecule has 0 aromatic heterocycles. The van der Waals surface area contributed by atoms with Crippen LogP contribution >= 0.6 is 23.2 Å². The Kier molecular flexibility index (Phi) is 4.04. The first kappa shape index (κ1) is 11.1. The fraction of sp³-hybridized carbons (Fsp3) is 0.222. The van der Waals surface area contributed by atoms with E-state index in [4.69, 9.17) is 27.9 Å². The number of carbonyl (C=O) groups is 1. The molecule has 14 heavy (non-hydrogen) atoms. The second-order valence-electron chi connectivity index (χ2n) is 2.48. The van der Waals surface area contributed by atoms with Gasteiger partial charge in [-0.3, -0.25) is 0 Å². The van der Waals surface area contributed by atoms with E-state index in [1.165, 1.54) is 7.11 Å². The van der Waals surface area contributed by atoms with Crippen LogP contribution in [0.4, 0.5) is 4.79 Å². The second-order valence-corrected chi connectivity index (χ2v) is 3.23. The Morgan fingerprint density at radius 3 is 2.79 bits per heavy atom. The smallest absolute Gasteiger partial charge is 0.404 e. The molecule has 1 aromatic carbocycles. The van der Waals surface area contributed by atoms with Gasteiger partial charge in [0.1, 0.15) is 12.4 Å². The van der Waals surface area contributed by atoms with Gasteiger partial charge in [0.05, 0.1) is 7.11 Å². The van der Waals surface area contributed by atoms with Crippen molar-refractivity contribution in [2.75, 3.05) is 7.11 Å². The first-order chi connectivity index (χ1) is 6.63. The Morgan fingerprint density at radius 1 is 1.50 bits per heavy atom. The van der Waals surface area contributed by atoms with Gasteiger partial charge in [-0.15, -0.1) is 0 Å². The van der Waals surface area contributed by atoms with E-state index in [1.54, 1.807) is 18.2 Å². The van der Waals surface area contributed by atoms with Crippen LogP contribution in [0.2, 0.25) is 5.02 Å². The highest BCUT2D eigenvalue weighted by Gasteiger charge is 2.05. The average molecular weight is 235 g/mol. The number of hydrogen-bond acceptors (Lipinski definition) is 3. The fourth-order valence-electron chi connectivity index (χ4n) is 0.994. The summed E-state index contributed by atoms with van der Waals surface area (Å²) in [7, 11) is 1.52. The van der Waals surface area contributed by atoms with Crippen LogP contribution in [-0.4, -0.2) is 12.5 Å². The normalized spacial score (nSPS) is 9.64. The molecule has 0 aliphatic heterocycles. The lowest BCUT2D eigenvalue weighted by atomic mass is 10.2. The van der Waals surface area contributed by atoms with Gasteiger partial charge < -0.3 is 9.47 Å². The number of halogens is 2. The van der Waals surface area contributed by atoms with Gasteiger partial charge in [-0.2, -0.15) is 0 Å². The Bertz CT molecular complexity index is 339. The minimum atomic E-state index is -0.855. The highest BCUT2D eigenvalue weighted by Crippen LogP contribution is 2.23. The van der Waals surface area contributed by atoms with Gasteiger partial charge in [-0.05, 0) is 18.2 Å². The molecule has 0 fully saturated rings. The molecule has 0 atom stereocenters. The van der Waals surface area contributed by atoms with Crippen molar-refractivity contribution in [1.29, 1.82) is 0 Å². The molecule has 0 bridgehead atoms. The minimum absolute atomic E-state index is 0.0477. The van der Waals surface area contributed by atoms with E-state index >= 15 is 0 Å². The molecule has 0 radical (unpaired) electrons. The summed E-state index contributed by atoms with van der Waals surface area (Å²) in [6.45, 7) is 0.0477. The van der Waals surface area contributed by atoms with Crippen molar-refractivity contribution in [1.82, 2.24) is 0 Å². The van der Waals surface area contributed by atoms with Gasteiger partial charge in [-0.1, -0.05) is 11.6 Å². The molecule has 0 spiro atoms. The molecule has 0 aliphatic carbocycles. The molecule has 0 aliphatic rings. The van der Waals surface area contributed by atoms with Gasteiger partial charge in [-0.25, -0.2) is 4.79 Å². The molecule has 0 unspecified atom stereocenters. The van der Waals surface area contributed by atoms with Crippen molar-refractivity contribution >= 4 is 28.6 Å². The third kappa shape index (κ3) is 3.09. The summed E-state index contributed by atoms with van der Waals surface area (Å²) >= 11 is 10.8. The molecule has 0 amide bonds. The molecule has 0 heterocycles. The van der Waals surface area contributed by atoms with E-state index in [0.717, 1.165) is 0 Å². The molecule has 3 nitrogen and oxygen atoms in total. The zero-order chi connectivity index (χ0) is 10.6. The topological polar surface area (TPSA) is 35.5 Å². The summed E-state index contributed by atoms with van der Waals surface area (Å²) in [6, 6.07) is 5.03. The zero-order valence-electron chi connectivity index (χ0n) is 7.42. The average Bonchev–Trinajstić information content (AvgIpc) is 2.15. The minimum Gasteiger partial charge on any atom is -0.496 e. The molecular formula is C9H8Cl2O3. The summed E-state index contributed by atoms with van der Waals surface area (Å²) < 4.78 is 9.65. The number of ether oxygens (including phenoxy) is 2. The third-order valence-corrected chi connectivity index (χ3v) is 1.93. The Hall–Kier alpha value is -0.930. The van der Waals surface area contributed by atoms with Crippen LogP contribution in [0, 0.1) is 0 Å². The number of methoxy groups -OCH3 is 1. The first-order valence-corrected chi connectivity index (χ1v) is 4.53. The predicted octanol–water partition coefficient (Wildman–Crippen LogP) is 3.22. The van der Waals surface area contributed by atoms with Gasteiger partial charge in [0.2, 0.25) is 0 Å². The maximum atomic E-state index is 10.4. The van der Waals surface area contributed by atoms with E-state index in [0.29, 0.717) is 16.3 Å².